The number of hydrogen-bond acceptors (Lipinski definition) is 3. The van der Waals surface area contributed by atoms with Crippen molar-refractivity contribution in [2.45, 2.75) is 24.7 Å². The molecule has 0 aliphatic rings. The zero-order valence-electron chi connectivity index (χ0n) is 9.92. The van der Waals surface area contributed by atoms with Crippen molar-refractivity contribution in [2.75, 3.05) is 0 Å². The molecule has 0 radical (unpaired) electrons. The third-order valence-electron chi connectivity index (χ3n) is 1.98. The summed E-state index contributed by atoms with van der Waals surface area (Å²) in [4.78, 5) is 21.5. The van der Waals surface area contributed by atoms with Gasteiger partial charge in [0.25, 0.3) is 0 Å². The summed E-state index contributed by atoms with van der Waals surface area (Å²) in [5.74, 6) is -9.79. The van der Waals surface area contributed by atoms with E-state index in [0.29, 0.717) is 0 Å². The van der Waals surface area contributed by atoms with Crippen LogP contribution in [0.2, 0.25) is 0 Å². The fraction of sp³-hybridized carbons (Fsp3) is 0.750. The third kappa shape index (κ3) is 6.10. The SMILES string of the molecule is O=C(SC(=O)C(C(F)(F)F)C(F)(F)F)C(C(F)(F)F)C(F)(F)F. The molecular weight excluding hydrogens is 388 g/mol. The zero-order chi connectivity index (χ0) is 19.0. The number of rotatable bonds is 2. The molecule has 0 atom stereocenters. The second-order valence-corrected chi connectivity index (χ2v) is 4.78. The van der Waals surface area contributed by atoms with E-state index in [1.807, 2.05) is 0 Å². The Morgan fingerprint density at radius 3 is 0.826 bits per heavy atom. The molecule has 23 heavy (non-hydrogen) atoms. The van der Waals surface area contributed by atoms with Gasteiger partial charge >= 0.3 is 24.7 Å². The summed E-state index contributed by atoms with van der Waals surface area (Å²) in [6.07, 6.45) is -25.4. The molecule has 0 aromatic heterocycles. The van der Waals surface area contributed by atoms with Crippen LogP contribution >= 0.6 is 11.8 Å². The first kappa shape index (κ1) is 21.9. The van der Waals surface area contributed by atoms with Crippen molar-refractivity contribution in [3.8, 4) is 0 Å². The molecule has 0 saturated heterocycles. The Balaban J connectivity index is 5.54. The Morgan fingerprint density at radius 2 is 0.696 bits per heavy atom. The predicted octanol–water partition coefficient (Wildman–Crippen LogP) is 4.25. The summed E-state index contributed by atoms with van der Waals surface area (Å²) in [7, 11) is 0. The average Bonchev–Trinajstić information content (AvgIpc) is 2.04. The van der Waals surface area contributed by atoms with Gasteiger partial charge in [-0.2, -0.15) is 52.7 Å². The van der Waals surface area contributed by atoms with Crippen LogP contribution in [-0.4, -0.2) is 34.9 Å². The molecule has 0 heterocycles. The van der Waals surface area contributed by atoms with Gasteiger partial charge in [0.05, 0.1) is 0 Å². The van der Waals surface area contributed by atoms with Crippen LogP contribution in [0.15, 0.2) is 0 Å². The van der Waals surface area contributed by atoms with E-state index < -0.39 is 58.5 Å². The lowest BCUT2D eigenvalue weighted by Gasteiger charge is -2.23. The van der Waals surface area contributed by atoms with E-state index in [1.54, 1.807) is 0 Å². The predicted molar refractivity (Wildman–Crippen MR) is 48.8 cm³/mol. The van der Waals surface area contributed by atoms with Gasteiger partial charge in [0.2, 0.25) is 22.1 Å². The monoisotopic (exact) mass is 390 g/mol. The van der Waals surface area contributed by atoms with Gasteiger partial charge < -0.3 is 0 Å². The molecule has 2 nitrogen and oxygen atoms in total. The molecule has 136 valence electrons. The molecule has 0 aromatic carbocycles. The van der Waals surface area contributed by atoms with Crippen molar-refractivity contribution in [1.82, 2.24) is 0 Å². The highest BCUT2D eigenvalue weighted by Gasteiger charge is 2.64. The first-order chi connectivity index (χ1) is 9.79. The van der Waals surface area contributed by atoms with Gasteiger partial charge in [-0.25, -0.2) is 0 Å². The molecule has 0 N–H and O–H groups in total. The molecule has 0 aliphatic carbocycles. The lowest BCUT2D eigenvalue weighted by molar-refractivity contribution is -0.271. The van der Waals surface area contributed by atoms with Crippen LogP contribution in [0.3, 0.4) is 0 Å². The van der Waals surface area contributed by atoms with Crippen molar-refractivity contribution >= 4 is 22.0 Å². The van der Waals surface area contributed by atoms with Crippen LogP contribution in [0.5, 0.6) is 0 Å². The number of alkyl halides is 12. The topological polar surface area (TPSA) is 34.1 Å². The van der Waals surface area contributed by atoms with E-state index in [4.69, 9.17) is 0 Å². The highest BCUT2D eigenvalue weighted by Crippen LogP contribution is 2.45. The molecule has 0 fully saturated rings. The maximum atomic E-state index is 12.1. The molecular formula is C8H2F12O2S. The van der Waals surface area contributed by atoms with Gasteiger partial charge in [0.15, 0.2) is 0 Å². The largest absolute Gasteiger partial charge is 0.408 e. The maximum Gasteiger partial charge on any atom is 0.408 e. The van der Waals surface area contributed by atoms with Gasteiger partial charge in [-0.1, -0.05) is 0 Å². The van der Waals surface area contributed by atoms with Crippen LogP contribution in [-0.2, 0) is 9.59 Å². The number of carbonyl (C=O) groups is 2. The molecule has 0 bridgehead atoms. The van der Waals surface area contributed by atoms with Crippen LogP contribution in [0.25, 0.3) is 0 Å². The van der Waals surface area contributed by atoms with E-state index in [-0.39, 0.29) is 0 Å². The fourth-order valence-corrected chi connectivity index (χ4v) is 2.09. The van der Waals surface area contributed by atoms with Gasteiger partial charge in [0.1, 0.15) is 0 Å². The van der Waals surface area contributed by atoms with E-state index in [9.17, 15) is 62.3 Å². The highest BCUT2D eigenvalue weighted by atomic mass is 32.2. The van der Waals surface area contributed by atoms with E-state index in [1.165, 1.54) is 0 Å². The minimum Gasteiger partial charge on any atom is -0.286 e. The molecule has 0 aliphatic heterocycles. The summed E-state index contributed by atoms with van der Waals surface area (Å²) in [5, 5.41) is -6.48. The Bertz CT molecular complexity index is 386. The van der Waals surface area contributed by atoms with Crippen molar-refractivity contribution in [3.63, 3.8) is 0 Å². The normalized spacial score (nSPS) is 14.5. The standard InChI is InChI=1S/C8H2F12O2S/c9-5(10,11)1(6(12,13)14)3(21)23-4(22)2(7(15,16)17)8(18,19)20/h1-2H. The van der Waals surface area contributed by atoms with Crippen molar-refractivity contribution in [3.05, 3.63) is 0 Å². The summed E-state index contributed by atoms with van der Waals surface area (Å²) in [6.45, 7) is 0. The Kier molecular flexibility index (Phi) is 6.07. The first-order valence-corrected chi connectivity index (χ1v) is 5.63. The highest BCUT2D eigenvalue weighted by molar-refractivity contribution is 8.26. The van der Waals surface area contributed by atoms with Crippen LogP contribution in [0.1, 0.15) is 0 Å². The van der Waals surface area contributed by atoms with Crippen LogP contribution < -0.4 is 0 Å². The average molecular weight is 390 g/mol. The number of halogens is 12. The lowest BCUT2D eigenvalue weighted by Crippen LogP contribution is -2.44. The van der Waals surface area contributed by atoms with Gasteiger partial charge in [-0.15, -0.1) is 0 Å². The van der Waals surface area contributed by atoms with Crippen molar-refractivity contribution < 1.29 is 62.3 Å². The number of thioether (sulfide) groups is 1. The Hall–Kier alpha value is -1.15. The minimum atomic E-state index is -6.35. The quantitative estimate of drug-likeness (QED) is 0.662. The second-order valence-electron chi connectivity index (χ2n) is 3.77. The van der Waals surface area contributed by atoms with E-state index in [2.05, 4.69) is 0 Å². The summed E-state index contributed by atoms with van der Waals surface area (Å²) in [6, 6.07) is 0. The van der Waals surface area contributed by atoms with E-state index in [0.717, 1.165) is 0 Å². The second kappa shape index (κ2) is 6.39. The lowest BCUT2D eigenvalue weighted by atomic mass is 10.1. The summed E-state index contributed by atoms with van der Waals surface area (Å²) >= 11 is -1.93. The maximum absolute atomic E-state index is 12.1. The molecule has 0 amide bonds. The van der Waals surface area contributed by atoms with E-state index >= 15 is 0 Å². The molecule has 0 aromatic rings. The van der Waals surface area contributed by atoms with Crippen LogP contribution in [0.4, 0.5) is 52.7 Å². The van der Waals surface area contributed by atoms with Gasteiger partial charge in [-0.05, 0) is 11.8 Å². The molecule has 15 heteroatoms. The summed E-state index contributed by atoms with van der Waals surface area (Å²) < 4.78 is 145. The molecule has 0 saturated carbocycles. The molecule has 0 unspecified atom stereocenters. The summed E-state index contributed by atoms with van der Waals surface area (Å²) in [5.41, 5.74) is 0. The molecule has 0 spiro atoms. The number of carbonyl (C=O) groups excluding carboxylic acids is 2. The minimum absolute atomic E-state index is 1.93. The number of hydrogen-bond donors (Lipinski definition) is 0. The van der Waals surface area contributed by atoms with Gasteiger partial charge in [0, 0.05) is 0 Å². The Labute approximate surface area is 122 Å². The molecule has 0 rings (SSSR count). The third-order valence-corrected chi connectivity index (χ3v) is 2.86. The smallest absolute Gasteiger partial charge is 0.286 e. The fourth-order valence-electron chi connectivity index (χ4n) is 1.12. The first-order valence-electron chi connectivity index (χ1n) is 4.82. The van der Waals surface area contributed by atoms with Gasteiger partial charge in [-0.3, -0.25) is 9.59 Å². The Morgan fingerprint density at radius 1 is 0.522 bits per heavy atom. The van der Waals surface area contributed by atoms with Crippen molar-refractivity contribution in [2.24, 2.45) is 11.8 Å². The zero-order valence-corrected chi connectivity index (χ0v) is 10.7. The van der Waals surface area contributed by atoms with Crippen molar-refractivity contribution in [1.29, 1.82) is 0 Å². The van der Waals surface area contributed by atoms with Crippen LogP contribution in [0, 0.1) is 11.8 Å².